The van der Waals surface area contributed by atoms with Crippen molar-refractivity contribution in [3.05, 3.63) is 24.3 Å². The summed E-state index contributed by atoms with van der Waals surface area (Å²) in [4.78, 5) is 33.8. The van der Waals surface area contributed by atoms with Gasteiger partial charge < -0.3 is 14.4 Å². The molecular weight excluding hydrogens is 303 g/mol. The second kappa shape index (κ2) is 8.09. The summed E-state index contributed by atoms with van der Waals surface area (Å²) in [6, 6.07) is 0. The van der Waals surface area contributed by atoms with E-state index >= 15 is 0 Å². The van der Waals surface area contributed by atoms with Crippen molar-refractivity contribution in [3.8, 4) is 0 Å². The normalized spacial score (nSPS) is 16.2. The monoisotopic (exact) mass is 321 g/mol. The van der Waals surface area contributed by atoms with Crippen molar-refractivity contribution in [1.29, 1.82) is 0 Å². The largest absolute Gasteiger partial charge is 0.756 e. The van der Waals surface area contributed by atoms with Gasteiger partial charge in [-0.2, -0.15) is 0 Å². The highest BCUT2D eigenvalue weighted by atomic mass is 31.2. The molecule has 120 valence electrons. The van der Waals surface area contributed by atoms with Crippen LogP contribution < -0.4 is 4.89 Å². The highest BCUT2D eigenvalue weighted by Crippen LogP contribution is 2.41. The first-order valence-corrected chi connectivity index (χ1v) is 7.31. The van der Waals surface area contributed by atoms with E-state index in [1.165, 1.54) is 27.7 Å². The van der Waals surface area contributed by atoms with E-state index in [1.54, 1.807) is 0 Å². The molecule has 0 saturated heterocycles. The van der Waals surface area contributed by atoms with Crippen molar-refractivity contribution in [2.75, 3.05) is 0 Å². The van der Waals surface area contributed by atoms with E-state index in [4.69, 9.17) is 0 Å². The summed E-state index contributed by atoms with van der Waals surface area (Å²) in [6.45, 7) is 11.8. The Morgan fingerprint density at radius 3 is 1.48 bits per heavy atom. The van der Waals surface area contributed by atoms with Crippen molar-refractivity contribution in [3.63, 3.8) is 0 Å². The predicted octanol–water partition coefficient (Wildman–Crippen LogP) is 1.42. The molecule has 0 aromatic rings. The van der Waals surface area contributed by atoms with Gasteiger partial charge in [-0.15, -0.1) is 0 Å². The zero-order valence-corrected chi connectivity index (χ0v) is 13.2. The van der Waals surface area contributed by atoms with Gasteiger partial charge in [-0.1, -0.05) is 13.2 Å². The Balaban J connectivity index is 4.45. The Kier molecular flexibility index (Phi) is 7.52. The smallest absolute Gasteiger partial charge is 0.335 e. The SMILES string of the molecule is C=C(C)C(=O)OC(C)OP(=O)([O-])OC(C)OC(=O)C(=C)C. The molecule has 0 N–H and O–H groups in total. The van der Waals surface area contributed by atoms with Crippen LogP contribution in [0.1, 0.15) is 27.7 Å². The van der Waals surface area contributed by atoms with Crippen molar-refractivity contribution >= 4 is 19.8 Å². The second-order valence-electron chi connectivity index (χ2n) is 4.16. The predicted molar refractivity (Wildman–Crippen MR) is 70.5 cm³/mol. The molecule has 0 aromatic carbocycles. The first-order valence-electron chi connectivity index (χ1n) is 5.85. The van der Waals surface area contributed by atoms with Crippen LogP contribution in [-0.4, -0.2) is 24.5 Å². The molecule has 0 fully saturated rings. The first kappa shape index (κ1) is 19.5. The average molecular weight is 321 g/mol. The summed E-state index contributed by atoms with van der Waals surface area (Å²) in [5.74, 6) is -1.63. The summed E-state index contributed by atoms with van der Waals surface area (Å²) in [5, 5.41) is 0. The molecule has 9 heteroatoms. The molecule has 21 heavy (non-hydrogen) atoms. The molecule has 0 saturated carbocycles. The number of ether oxygens (including phenoxy) is 2. The zero-order valence-electron chi connectivity index (χ0n) is 12.3. The molecule has 0 spiro atoms. The fourth-order valence-corrected chi connectivity index (χ4v) is 1.80. The molecule has 0 aliphatic heterocycles. The minimum Gasteiger partial charge on any atom is -0.756 e. The number of carbonyl (C=O) groups is 2. The van der Waals surface area contributed by atoms with Gasteiger partial charge in [0.05, 0.1) is 0 Å². The Labute approximate surface area is 122 Å². The van der Waals surface area contributed by atoms with Crippen LogP contribution >= 0.6 is 7.82 Å². The number of carbonyl (C=O) groups excluding carboxylic acids is 2. The average Bonchev–Trinajstić information content (AvgIpc) is 2.25. The van der Waals surface area contributed by atoms with Gasteiger partial charge in [-0.05, 0) is 27.7 Å². The van der Waals surface area contributed by atoms with Crippen LogP contribution in [0.5, 0.6) is 0 Å². The lowest BCUT2D eigenvalue weighted by Crippen LogP contribution is -2.25. The summed E-state index contributed by atoms with van der Waals surface area (Å²) >= 11 is 0. The molecule has 0 aliphatic rings. The standard InChI is InChI=1S/C12H19O8P/c1-7(2)11(13)17-9(5)19-21(15,16)20-10(6)18-12(14)8(3)4/h9-10H,1,3H2,2,4-6H3,(H,15,16)/p-1. The number of phosphoric acid groups is 1. The number of phosphoric ester groups is 1. The van der Waals surface area contributed by atoms with Crippen molar-refractivity contribution in [2.24, 2.45) is 0 Å². The van der Waals surface area contributed by atoms with Crippen molar-refractivity contribution in [1.82, 2.24) is 0 Å². The third-order valence-electron chi connectivity index (χ3n) is 1.80. The number of hydrogen-bond acceptors (Lipinski definition) is 8. The van der Waals surface area contributed by atoms with Crippen molar-refractivity contribution < 1.29 is 37.6 Å². The van der Waals surface area contributed by atoms with Crippen molar-refractivity contribution in [2.45, 2.75) is 40.3 Å². The van der Waals surface area contributed by atoms with Crippen LogP contribution in [0.2, 0.25) is 0 Å². The maximum atomic E-state index is 11.5. The van der Waals surface area contributed by atoms with E-state index in [-0.39, 0.29) is 11.1 Å². The maximum Gasteiger partial charge on any atom is 0.335 e. The van der Waals surface area contributed by atoms with Gasteiger partial charge in [0.15, 0.2) is 0 Å². The topological polar surface area (TPSA) is 111 Å². The Morgan fingerprint density at radius 2 is 1.24 bits per heavy atom. The molecule has 0 amide bonds. The Bertz CT molecular complexity index is 444. The van der Waals surface area contributed by atoms with Gasteiger partial charge in [0.25, 0.3) is 7.82 Å². The maximum absolute atomic E-state index is 11.5. The zero-order chi connectivity index (χ0) is 16.8. The third kappa shape index (κ3) is 8.41. The van der Waals surface area contributed by atoms with Gasteiger partial charge >= 0.3 is 11.9 Å². The molecule has 2 atom stereocenters. The van der Waals surface area contributed by atoms with E-state index < -0.39 is 32.3 Å². The van der Waals surface area contributed by atoms with Crippen LogP contribution in [0, 0.1) is 0 Å². The van der Waals surface area contributed by atoms with Gasteiger partial charge in [0.2, 0.25) is 12.6 Å². The lowest BCUT2D eigenvalue weighted by molar-refractivity contribution is -0.254. The highest BCUT2D eigenvalue weighted by molar-refractivity contribution is 7.45. The molecule has 0 aromatic heterocycles. The lowest BCUT2D eigenvalue weighted by Gasteiger charge is -2.28. The van der Waals surface area contributed by atoms with Crippen LogP contribution in [0.25, 0.3) is 0 Å². The second-order valence-corrected chi connectivity index (χ2v) is 5.48. The molecule has 8 nitrogen and oxygen atoms in total. The van der Waals surface area contributed by atoms with Crippen LogP contribution in [-0.2, 0) is 32.7 Å². The minimum absolute atomic E-state index is 0.0795. The fraction of sp³-hybridized carbons (Fsp3) is 0.500. The molecular formula is C12H18O8P-. The number of rotatable bonds is 8. The van der Waals surface area contributed by atoms with Crippen LogP contribution in [0.15, 0.2) is 24.3 Å². The van der Waals surface area contributed by atoms with E-state index in [0.717, 1.165) is 0 Å². The summed E-state index contributed by atoms with van der Waals surface area (Å²) in [5.41, 5.74) is 0.159. The van der Waals surface area contributed by atoms with Gasteiger partial charge in [0.1, 0.15) is 0 Å². The molecule has 0 aliphatic carbocycles. The van der Waals surface area contributed by atoms with Gasteiger partial charge in [0, 0.05) is 11.1 Å². The quantitative estimate of drug-likeness (QED) is 0.285. The summed E-state index contributed by atoms with van der Waals surface area (Å²) in [6.07, 6.45) is -2.83. The Hall–Kier alpha value is -1.47. The third-order valence-corrected chi connectivity index (χ3v) is 2.91. The molecule has 0 heterocycles. The highest BCUT2D eigenvalue weighted by Gasteiger charge is 2.22. The number of hydrogen-bond donors (Lipinski definition) is 0. The van der Waals surface area contributed by atoms with E-state index in [2.05, 4.69) is 31.7 Å². The molecule has 0 radical (unpaired) electrons. The lowest BCUT2D eigenvalue weighted by atomic mass is 10.4. The van der Waals surface area contributed by atoms with Gasteiger partial charge in [-0.25, -0.2) is 9.59 Å². The molecule has 0 rings (SSSR count). The van der Waals surface area contributed by atoms with E-state index in [0.29, 0.717) is 0 Å². The first-order chi connectivity index (χ1) is 9.44. The van der Waals surface area contributed by atoms with Crippen LogP contribution in [0.3, 0.4) is 0 Å². The number of esters is 2. The van der Waals surface area contributed by atoms with E-state index in [9.17, 15) is 19.0 Å². The minimum atomic E-state index is -4.84. The Morgan fingerprint density at radius 1 is 0.952 bits per heavy atom. The molecule has 2 unspecified atom stereocenters. The summed E-state index contributed by atoms with van der Waals surface area (Å²) in [7, 11) is -4.84. The van der Waals surface area contributed by atoms with Crippen LogP contribution in [0.4, 0.5) is 0 Å². The van der Waals surface area contributed by atoms with E-state index in [1.807, 2.05) is 0 Å². The fourth-order valence-electron chi connectivity index (χ4n) is 0.934. The summed E-state index contributed by atoms with van der Waals surface area (Å²) < 4.78 is 29.6. The molecule has 0 bridgehead atoms. The van der Waals surface area contributed by atoms with Gasteiger partial charge in [-0.3, -0.25) is 13.6 Å².